The molecule has 5 heteroatoms. The molecule has 0 aliphatic carbocycles. The fourth-order valence-corrected chi connectivity index (χ4v) is 1.49. The summed E-state index contributed by atoms with van der Waals surface area (Å²) in [4.78, 5) is 0. The molecule has 0 bridgehead atoms. The number of nitrogens with two attached hydrogens (primary N) is 1. The summed E-state index contributed by atoms with van der Waals surface area (Å²) < 4.78 is 7.48. The first kappa shape index (κ1) is 12.2. The Balaban J connectivity index is 2.10. The summed E-state index contributed by atoms with van der Waals surface area (Å²) in [5, 5.41) is 11.5. The van der Waals surface area contributed by atoms with E-state index in [1.807, 2.05) is 10.9 Å². The number of ether oxygens (including phenoxy) is 1. The number of benzene rings is 1. The van der Waals surface area contributed by atoms with Gasteiger partial charge >= 0.3 is 0 Å². The minimum Gasteiger partial charge on any atom is -0.454 e. The van der Waals surface area contributed by atoms with Crippen LogP contribution in [0.4, 0.5) is 0 Å². The molecule has 3 N–H and O–H groups in total. The molecule has 18 heavy (non-hydrogen) atoms. The van der Waals surface area contributed by atoms with E-state index in [1.54, 1.807) is 30.5 Å². The maximum atomic E-state index is 7.30. The predicted molar refractivity (Wildman–Crippen MR) is 70.1 cm³/mol. The smallest absolute Gasteiger partial charge is 0.165 e. The Morgan fingerprint density at radius 2 is 1.94 bits per heavy atom. The quantitative estimate of drug-likeness (QED) is 0.641. The van der Waals surface area contributed by atoms with Crippen molar-refractivity contribution >= 4 is 5.84 Å². The van der Waals surface area contributed by atoms with Crippen LogP contribution in [0.15, 0.2) is 36.7 Å². The molecule has 1 aromatic carbocycles. The van der Waals surface area contributed by atoms with E-state index in [9.17, 15) is 0 Å². The van der Waals surface area contributed by atoms with Crippen LogP contribution in [0.25, 0.3) is 0 Å². The van der Waals surface area contributed by atoms with E-state index >= 15 is 0 Å². The van der Waals surface area contributed by atoms with Gasteiger partial charge in [0.05, 0.1) is 12.4 Å². The summed E-state index contributed by atoms with van der Waals surface area (Å²) in [6.45, 7) is 4.11. The van der Waals surface area contributed by atoms with Gasteiger partial charge in [-0.2, -0.15) is 5.10 Å². The fourth-order valence-electron chi connectivity index (χ4n) is 1.49. The lowest BCUT2D eigenvalue weighted by atomic mass is 10.2. The Labute approximate surface area is 106 Å². The minimum absolute atomic E-state index is 0.0502. The summed E-state index contributed by atoms with van der Waals surface area (Å²) in [7, 11) is 0. The Bertz CT molecular complexity index is 542. The number of amidine groups is 1. The van der Waals surface area contributed by atoms with E-state index in [0.717, 1.165) is 0 Å². The molecule has 0 fully saturated rings. The van der Waals surface area contributed by atoms with E-state index in [-0.39, 0.29) is 5.84 Å². The molecule has 2 aromatic rings. The van der Waals surface area contributed by atoms with Gasteiger partial charge in [-0.05, 0) is 38.1 Å². The normalized spacial score (nSPS) is 10.6. The van der Waals surface area contributed by atoms with Crippen molar-refractivity contribution in [3.63, 3.8) is 0 Å². The zero-order valence-electron chi connectivity index (χ0n) is 10.4. The molecule has 0 saturated heterocycles. The number of nitrogens with one attached hydrogen (secondary N) is 1. The van der Waals surface area contributed by atoms with Gasteiger partial charge < -0.3 is 10.5 Å². The maximum absolute atomic E-state index is 7.30. The largest absolute Gasteiger partial charge is 0.454 e. The molecule has 2 rings (SSSR count). The van der Waals surface area contributed by atoms with Gasteiger partial charge in [0.1, 0.15) is 11.6 Å². The zero-order valence-corrected chi connectivity index (χ0v) is 10.4. The van der Waals surface area contributed by atoms with Crippen molar-refractivity contribution in [1.29, 1.82) is 5.41 Å². The van der Waals surface area contributed by atoms with Crippen LogP contribution in [0.3, 0.4) is 0 Å². The van der Waals surface area contributed by atoms with Crippen molar-refractivity contribution in [2.45, 2.75) is 19.9 Å². The van der Waals surface area contributed by atoms with Crippen LogP contribution in [-0.4, -0.2) is 15.6 Å². The number of aromatic nitrogens is 2. The zero-order chi connectivity index (χ0) is 13.1. The molecule has 0 radical (unpaired) electrons. The summed E-state index contributed by atoms with van der Waals surface area (Å²) in [5.41, 5.74) is 6.06. The van der Waals surface area contributed by atoms with Gasteiger partial charge in [-0.3, -0.25) is 10.1 Å². The highest BCUT2D eigenvalue weighted by Gasteiger charge is 2.04. The van der Waals surface area contributed by atoms with Crippen molar-refractivity contribution in [2.24, 2.45) is 5.73 Å². The van der Waals surface area contributed by atoms with Gasteiger partial charge in [-0.25, -0.2) is 0 Å². The summed E-state index contributed by atoms with van der Waals surface area (Å²) in [5.74, 6) is 1.44. The number of nitrogens with zero attached hydrogens (tertiary/aromatic N) is 2. The van der Waals surface area contributed by atoms with E-state index < -0.39 is 0 Å². The molecule has 0 aliphatic rings. The summed E-state index contributed by atoms with van der Waals surface area (Å²) in [6.07, 6.45) is 3.53. The van der Waals surface area contributed by atoms with Crippen molar-refractivity contribution in [1.82, 2.24) is 9.78 Å². The maximum Gasteiger partial charge on any atom is 0.165 e. The second-order valence-electron chi connectivity index (χ2n) is 4.29. The fraction of sp³-hybridized carbons (Fsp3) is 0.231. The van der Waals surface area contributed by atoms with Crippen LogP contribution < -0.4 is 10.5 Å². The predicted octanol–water partition coefficient (Wildman–Crippen LogP) is 2.54. The first-order valence-corrected chi connectivity index (χ1v) is 5.72. The van der Waals surface area contributed by atoms with E-state index in [0.29, 0.717) is 23.1 Å². The molecule has 0 aliphatic heterocycles. The van der Waals surface area contributed by atoms with Gasteiger partial charge in [0.15, 0.2) is 5.75 Å². The molecule has 0 unspecified atom stereocenters. The van der Waals surface area contributed by atoms with Crippen LogP contribution in [0.2, 0.25) is 0 Å². The second kappa shape index (κ2) is 4.91. The number of nitrogen functional groups attached to an aromatic ring is 1. The highest BCUT2D eigenvalue weighted by atomic mass is 16.5. The number of hydrogen-bond donors (Lipinski definition) is 2. The molecule has 0 spiro atoms. The third kappa shape index (κ3) is 2.68. The minimum atomic E-state index is 0.0502. The van der Waals surface area contributed by atoms with Gasteiger partial charge in [0.25, 0.3) is 0 Å². The lowest BCUT2D eigenvalue weighted by Crippen LogP contribution is -2.10. The Morgan fingerprint density at radius 1 is 1.28 bits per heavy atom. The van der Waals surface area contributed by atoms with Crippen LogP contribution >= 0.6 is 0 Å². The number of rotatable bonds is 4. The molecular formula is C13H16N4O. The SMILES string of the molecule is CC(C)n1cc(Oc2ccc(C(=N)N)cc2)cn1. The first-order valence-electron chi connectivity index (χ1n) is 5.72. The van der Waals surface area contributed by atoms with Crippen LogP contribution in [0.1, 0.15) is 25.5 Å². The molecular weight excluding hydrogens is 228 g/mol. The van der Waals surface area contributed by atoms with E-state index in [1.165, 1.54) is 0 Å². The lowest BCUT2D eigenvalue weighted by Gasteiger charge is -2.05. The van der Waals surface area contributed by atoms with Crippen LogP contribution in [0.5, 0.6) is 11.5 Å². The highest BCUT2D eigenvalue weighted by Crippen LogP contribution is 2.21. The molecule has 1 heterocycles. The van der Waals surface area contributed by atoms with Crippen molar-refractivity contribution in [2.75, 3.05) is 0 Å². The molecule has 5 nitrogen and oxygen atoms in total. The van der Waals surface area contributed by atoms with Crippen molar-refractivity contribution < 1.29 is 4.74 Å². The monoisotopic (exact) mass is 244 g/mol. The molecule has 1 aromatic heterocycles. The van der Waals surface area contributed by atoms with Gasteiger partial charge in [-0.15, -0.1) is 0 Å². The van der Waals surface area contributed by atoms with E-state index in [4.69, 9.17) is 15.9 Å². The van der Waals surface area contributed by atoms with Crippen LogP contribution in [0, 0.1) is 5.41 Å². The van der Waals surface area contributed by atoms with Crippen molar-refractivity contribution in [3.05, 3.63) is 42.2 Å². The van der Waals surface area contributed by atoms with Gasteiger partial charge in [-0.1, -0.05) is 0 Å². The third-order valence-electron chi connectivity index (χ3n) is 2.51. The average Bonchev–Trinajstić information content (AvgIpc) is 2.78. The topological polar surface area (TPSA) is 76.9 Å². The standard InChI is InChI=1S/C13H16N4O/c1-9(2)17-8-12(7-16-17)18-11-5-3-10(4-6-11)13(14)15/h3-9H,1-2H3,(H3,14,15). The molecule has 0 atom stereocenters. The average molecular weight is 244 g/mol. The highest BCUT2D eigenvalue weighted by molar-refractivity contribution is 5.94. The molecule has 0 saturated carbocycles. The van der Waals surface area contributed by atoms with Gasteiger partial charge in [0, 0.05) is 11.6 Å². The first-order chi connectivity index (χ1) is 8.56. The summed E-state index contributed by atoms with van der Waals surface area (Å²) >= 11 is 0. The summed E-state index contributed by atoms with van der Waals surface area (Å²) in [6, 6.07) is 7.38. The van der Waals surface area contributed by atoms with Crippen molar-refractivity contribution in [3.8, 4) is 11.5 Å². The van der Waals surface area contributed by atoms with Crippen LogP contribution in [-0.2, 0) is 0 Å². The van der Waals surface area contributed by atoms with Gasteiger partial charge in [0.2, 0.25) is 0 Å². The Kier molecular flexibility index (Phi) is 3.32. The second-order valence-corrected chi connectivity index (χ2v) is 4.29. The molecule has 0 amide bonds. The lowest BCUT2D eigenvalue weighted by molar-refractivity contribution is 0.477. The number of hydrogen-bond acceptors (Lipinski definition) is 3. The Morgan fingerprint density at radius 3 is 2.44 bits per heavy atom. The molecule has 94 valence electrons. The van der Waals surface area contributed by atoms with E-state index in [2.05, 4.69) is 18.9 Å². The third-order valence-corrected chi connectivity index (χ3v) is 2.51. The Hall–Kier alpha value is -2.30.